The maximum Gasteiger partial charge on any atom is 0.168 e. The minimum atomic E-state index is -0.630. The minimum Gasteiger partial charge on any atom is -0.354 e. The smallest absolute Gasteiger partial charge is 0.168 e. The van der Waals surface area contributed by atoms with Gasteiger partial charge in [-0.1, -0.05) is 0 Å². The summed E-state index contributed by atoms with van der Waals surface area (Å²) in [4.78, 5) is 5.77. The molecule has 2 heterocycles. The fourth-order valence-corrected chi connectivity index (χ4v) is 2.38. The molecule has 0 aliphatic carbocycles. The van der Waals surface area contributed by atoms with Crippen LogP contribution >= 0.6 is 0 Å². The summed E-state index contributed by atoms with van der Waals surface area (Å²) in [6, 6.07) is 0.896. The van der Waals surface area contributed by atoms with Gasteiger partial charge in [-0.05, 0) is 38.8 Å². The van der Waals surface area contributed by atoms with Crippen molar-refractivity contribution in [3.05, 3.63) is 23.9 Å². The lowest BCUT2D eigenvalue weighted by molar-refractivity contribution is 0.372. The standard InChI is InChI=1S/C13H19F2N3/c1-2-18(9-10-3-5-16-6-4-10)13-12(15)7-11(14)8-17-13/h7-8,10,16H,2-6,9H2,1H3. The highest BCUT2D eigenvalue weighted by Crippen LogP contribution is 2.20. The van der Waals surface area contributed by atoms with Crippen molar-refractivity contribution in [3.8, 4) is 0 Å². The SMILES string of the molecule is CCN(CC1CCNCC1)c1ncc(F)cc1F. The summed E-state index contributed by atoms with van der Waals surface area (Å²) >= 11 is 0. The Kier molecular flexibility index (Phi) is 4.47. The summed E-state index contributed by atoms with van der Waals surface area (Å²) < 4.78 is 26.5. The second-order valence-corrected chi connectivity index (χ2v) is 4.69. The van der Waals surface area contributed by atoms with E-state index in [0.29, 0.717) is 12.5 Å². The summed E-state index contributed by atoms with van der Waals surface area (Å²) in [5.74, 6) is -0.394. The molecule has 2 rings (SSSR count). The highest BCUT2D eigenvalue weighted by Gasteiger charge is 2.19. The number of pyridine rings is 1. The number of aromatic nitrogens is 1. The molecule has 1 N–H and O–H groups in total. The molecule has 3 nitrogen and oxygen atoms in total. The molecular weight excluding hydrogens is 236 g/mol. The first-order chi connectivity index (χ1) is 8.70. The average molecular weight is 255 g/mol. The summed E-state index contributed by atoms with van der Waals surface area (Å²) in [5.41, 5.74) is 0. The van der Waals surface area contributed by atoms with Gasteiger partial charge in [0.25, 0.3) is 0 Å². The van der Waals surface area contributed by atoms with E-state index in [0.717, 1.165) is 44.7 Å². The van der Waals surface area contributed by atoms with E-state index in [9.17, 15) is 8.78 Å². The lowest BCUT2D eigenvalue weighted by Gasteiger charge is -2.30. The zero-order valence-corrected chi connectivity index (χ0v) is 10.6. The second-order valence-electron chi connectivity index (χ2n) is 4.69. The molecule has 0 aromatic carbocycles. The summed E-state index contributed by atoms with van der Waals surface area (Å²) in [6.45, 7) is 5.46. The van der Waals surface area contributed by atoms with Gasteiger partial charge in [0.15, 0.2) is 11.6 Å². The number of hydrogen-bond acceptors (Lipinski definition) is 3. The fourth-order valence-electron chi connectivity index (χ4n) is 2.38. The van der Waals surface area contributed by atoms with E-state index in [-0.39, 0.29) is 5.82 Å². The highest BCUT2D eigenvalue weighted by molar-refractivity contribution is 5.39. The molecule has 0 spiro atoms. The van der Waals surface area contributed by atoms with Gasteiger partial charge in [-0.25, -0.2) is 13.8 Å². The first kappa shape index (κ1) is 13.2. The van der Waals surface area contributed by atoms with Crippen LogP contribution in [0.2, 0.25) is 0 Å². The lowest BCUT2D eigenvalue weighted by atomic mass is 9.97. The number of piperidine rings is 1. The van der Waals surface area contributed by atoms with Gasteiger partial charge in [-0.2, -0.15) is 0 Å². The van der Waals surface area contributed by atoms with Crippen LogP contribution in [-0.4, -0.2) is 31.2 Å². The van der Waals surface area contributed by atoms with E-state index in [4.69, 9.17) is 0 Å². The van der Waals surface area contributed by atoms with Gasteiger partial charge in [-0.3, -0.25) is 0 Å². The number of nitrogens with zero attached hydrogens (tertiary/aromatic N) is 2. The largest absolute Gasteiger partial charge is 0.354 e. The molecule has 1 aromatic rings. The van der Waals surface area contributed by atoms with Gasteiger partial charge in [0, 0.05) is 19.2 Å². The Bertz CT molecular complexity index is 392. The van der Waals surface area contributed by atoms with E-state index in [1.165, 1.54) is 0 Å². The molecular formula is C13H19F2N3. The molecule has 100 valence electrons. The molecule has 1 saturated heterocycles. The topological polar surface area (TPSA) is 28.2 Å². The van der Waals surface area contributed by atoms with E-state index in [1.54, 1.807) is 0 Å². The monoisotopic (exact) mass is 255 g/mol. The molecule has 0 amide bonds. The second kappa shape index (κ2) is 6.09. The minimum absolute atomic E-state index is 0.262. The quantitative estimate of drug-likeness (QED) is 0.894. The molecule has 1 aromatic heterocycles. The predicted octanol–water partition coefficient (Wildman–Crippen LogP) is 2.19. The van der Waals surface area contributed by atoms with Gasteiger partial charge in [0.2, 0.25) is 0 Å². The number of rotatable bonds is 4. The molecule has 0 atom stereocenters. The van der Waals surface area contributed by atoms with Crippen LogP contribution < -0.4 is 10.2 Å². The molecule has 0 bridgehead atoms. The third-order valence-corrected chi connectivity index (χ3v) is 3.41. The Morgan fingerprint density at radius 1 is 1.39 bits per heavy atom. The van der Waals surface area contributed by atoms with Crippen LogP contribution in [0.1, 0.15) is 19.8 Å². The molecule has 5 heteroatoms. The molecule has 1 aliphatic rings. The van der Waals surface area contributed by atoms with Gasteiger partial charge in [-0.15, -0.1) is 0 Å². The van der Waals surface area contributed by atoms with Crippen LogP contribution in [0.5, 0.6) is 0 Å². The normalized spacial score (nSPS) is 16.8. The van der Waals surface area contributed by atoms with Crippen molar-refractivity contribution in [1.29, 1.82) is 0 Å². The van der Waals surface area contributed by atoms with E-state index >= 15 is 0 Å². The highest BCUT2D eigenvalue weighted by atomic mass is 19.1. The Labute approximate surface area is 106 Å². The van der Waals surface area contributed by atoms with Crippen molar-refractivity contribution < 1.29 is 8.78 Å². The first-order valence-electron chi connectivity index (χ1n) is 6.47. The van der Waals surface area contributed by atoms with Crippen molar-refractivity contribution in [1.82, 2.24) is 10.3 Å². The van der Waals surface area contributed by atoms with Gasteiger partial charge in [0.05, 0.1) is 6.20 Å². The van der Waals surface area contributed by atoms with Crippen LogP contribution in [-0.2, 0) is 0 Å². The van der Waals surface area contributed by atoms with Crippen LogP contribution in [0.25, 0.3) is 0 Å². The predicted molar refractivity (Wildman–Crippen MR) is 67.6 cm³/mol. The van der Waals surface area contributed by atoms with Crippen molar-refractivity contribution in [2.45, 2.75) is 19.8 Å². The Hall–Kier alpha value is -1.23. The van der Waals surface area contributed by atoms with Gasteiger partial charge in [0.1, 0.15) is 5.82 Å². The van der Waals surface area contributed by atoms with E-state index in [1.807, 2.05) is 11.8 Å². The van der Waals surface area contributed by atoms with Crippen LogP contribution in [0.15, 0.2) is 12.3 Å². The maximum absolute atomic E-state index is 13.7. The summed E-state index contributed by atoms with van der Waals surface area (Å²) in [7, 11) is 0. The molecule has 0 radical (unpaired) electrons. The molecule has 1 aliphatic heterocycles. The Balaban J connectivity index is 2.07. The van der Waals surface area contributed by atoms with Crippen LogP contribution in [0.4, 0.5) is 14.6 Å². The molecule has 0 saturated carbocycles. The maximum atomic E-state index is 13.7. The number of halogens is 2. The third-order valence-electron chi connectivity index (χ3n) is 3.41. The molecule has 18 heavy (non-hydrogen) atoms. The summed E-state index contributed by atoms with van der Waals surface area (Å²) in [5, 5.41) is 3.31. The van der Waals surface area contributed by atoms with E-state index in [2.05, 4.69) is 10.3 Å². The van der Waals surface area contributed by atoms with Crippen LogP contribution in [0, 0.1) is 17.6 Å². The average Bonchev–Trinajstić information content (AvgIpc) is 2.38. The van der Waals surface area contributed by atoms with E-state index < -0.39 is 11.6 Å². The number of nitrogens with one attached hydrogen (secondary N) is 1. The van der Waals surface area contributed by atoms with Gasteiger partial charge >= 0.3 is 0 Å². The molecule has 0 unspecified atom stereocenters. The van der Waals surface area contributed by atoms with Crippen molar-refractivity contribution in [2.24, 2.45) is 5.92 Å². The Morgan fingerprint density at radius 3 is 2.72 bits per heavy atom. The Morgan fingerprint density at radius 2 is 2.11 bits per heavy atom. The fraction of sp³-hybridized carbons (Fsp3) is 0.615. The zero-order chi connectivity index (χ0) is 13.0. The number of anilines is 1. The zero-order valence-electron chi connectivity index (χ0n) is 10.6. The van der Waals surface area contributed by atoms with Crippen LogP contribution in [0.3, 0.4) is 0 Å². The molecule has 1 fully saturated rings. The van der Waals surface area contributed by atoms with Crippen molar-refractivity contribution in [3.63, 3.8) is 0 Å². The number of hydrogen-bond donors (Lipinski definition) is 1. The third kappa shape index (κ3) is 3.16. The van der Waals surface area contributed by atoms with Gasteiger partial charge < -0.3 is 10.2 Å². The summed E-state index contributed by atoms with van der Waals surface area (Å²) in [6.07, 6.45) is 3.27. The lowest BCUT2D eigenvalue weighted by Crippen LogP contribution is -2.36. The van der Waals surface area contributed by atoms with Crippen molar-refractivity contribution >= 4 is 5.82 Å². The first-order valence-corrected chi connectivity index (χ1v) is 6.47. The van der Waals surface area contributed by atoms with Crippen molar-refractivity contribution in [2.75, 3.05) is 31.1 Å².